The third-order valence-corrected chi connectivity index (χ3v) is 3.41. The van der Waals surface area contributed by atoms with Gasteiger partial charge in [0.2, 0.25) is 11.7 Å². The van der Waals surface area contributed by atoms with Gasteiger partial charge in [-0.25, -0.2) is 4.39 Å². The number of hydrogen-bond donors (Lipinski definition) is 2. The maximum absolute atomic E-state index is 12.9. The van der Waals surface area contributed by atoms with E-state index in [-0.39, 0.29) is 11.9 Å². The molecular weight excluding hydrogens is 291 g/mol. The van der Waals surface area contributed by atoms with Crippen LogP contribution >= 0.6 is 12.2 Å². The lowest BCUT2D eigenvalue weighted by molar-refractivity contribution is 0.353. The molecule has 7 heteroatoms. The van der Waals surface area contributed by atoms with E-state index in [1.807, 2.05) is 6.92 Å². The van der Waals surface area contributed by atoms with Crippen molar-refractivity contribution < 1.29 is 8.91 Å². The lowest BCUT2D eigenvalue weighted by Gasteiger charge is -2.13. The summed E-state index contributed by atoms with van der Waals surface area (Å²) < 4.78 is 18.1. The molecule has 1 heterocycles. The van der Waals surface area contributed by atoms with Crippen molar-refractivity contribution in [3.63, 3.8) is 0 Å². The molecule has 0 radical (unpaired) electrons. The summed E-state index contributed by atoms with van der Waals surface area (Å²) in [4.78, 5) is 4.31. The van der Waals surface area contributed by atoms with Crippen LogP contribution in [-0.4, -0.2) is 21.3 Å². The summed E-state index contributed by atoms with van der Waals surface area (Å²) in [7, 11) is 0. The number of benzene rings is 1. The minimum atomic E-state index is -0.297. The van der Waals surface area contributed by atoms with Gasteiger partial charge in [0.15, 0.2) is 5.11 Å². The van der Waals surface area contributed by atoms with E-state index < -0.39 is 0 Å². The Balaban J connectivity index is 1.65. The Hall–Kier alpha value is -2.02. The third-order valence-electron chi connectivity index (χ3n) is 3.17. The van der Waals surface area contributed by atoms with Crippen LogP contribution in [-0.2, 0) is 0 Å². The van der Waals surface area contributed by atoms with E-state index in [2.05, 4.69) is 20.8 Å². The Kier molecular flexibility index (Phi) is 3.83. The summed E-state index contributed by atoms with van der Waals surface area (Å²) in [5.41, 5.74) is 0.706. The molecule has 0 bridgehead atoms. The van der Waals surface area contributed by atoms with Crippen molar-refractivity contribution >= 4 is 17.3 Å². The van der Waals surface area contributed by atoms with Crippen LogP contribution in [0.4, 0.5) is 4.39 Å². The fraction of sp³-hybridized carbons (Fsp3) is 0.357. The van der Waals surface area contributed by atoms with Crippen LogP contribution in [0.25, 0.3) is 11.4 Å². The minimum Gasteiger partial charge on any atom is -0.360 e. The standard InChI is InChI=1S/C14H15FN4OS/c1-8(16-14(21)17-11-6-7-11)13-18-12(19-20-13)9-2-4-10(15)5-3-9/h2-5,8,11H,6-7H2,1H3,(H2,16,17,21)/t8-/m1/s1. The molecule has 1 fully saturated rings. The first kappa shape index (κ1) is 13.9. The molecule has 0 spiro atoms. The largest absolute Gasteiger partial charge is 0.360 e. The SMILES string of the molecule is C[C@@H](NC(=S)NC1CC1)c1nc(-c2ccc(F)cc2)no1. The molecule has 5 nitrogen and oxygen atoms in total. The third kappa shape index (κ3) is 3.55. The van der Waals surface area contributed by atoms with Crippen molar-refractivity contribution in [1.29, 1.82) is 0 Å². The number of thiocarbonyl (C=S) groups is 1. The highest BCUT2D eigenvalue weighted by atomic mass is 32.1. The van der Waals surface area contributed by atoms with Gasteiger partial charge in [-0.1, -0.05) is 5.16 Å². The van der Waals surface area contributed by atoms with Crippen LogP contribution in [0.1, 0.15) is 31.7 Å². The summed E-state index contributed by atoms with van der Waals surface area (Å²) >= 11 is 5.21. The average molecular weight is 306 g/mol. The maximum atomic E-state index is 12.9. The Morgan fingerprint density at radius 1 is 1.38 bits per heavy atom. The van der Waals surface area contributed by atoms with Gasteiger partial charge in [-0.05, 0) is 56.2 Å². The average Bonchev–Trinajstić information content (AvgIpc) is 3.12. The van der Waals surface area contributed by atoms with Crippen LogP contribution in [0.15, 0.2) is 28.8 Å². The molecule has 0 amide bonds. The van der Waals surface area contributed by atoms with Crippen LogP contribution < -0.4 is 10.6 Å². The second-order valence-corrected chi connectivity index (χ2v) is 5.49. The second-order valence-electron chi connectivity index (χ2n) is 5.08. The summed E-state index contributed by atoms with van der Waals surface area (Å²) in [6.45, 7) is 1.89. The van der Waals surface area contributed by atoms with Crippen molar-refractivity contribution in [3.8, 4) is 11.4 Å². The Morgan fingerprint density at radius 2 is 2.10 bits per heavy atom. The Bertz CT molecular complexity index is 639. The van der Waals surface area contributed by atoms with Gasteiger partial charge in [0.05, 0.1) is 0 Å². The summed E-state index contributed by atoms with van der Waals surface area (Å²) in [6.07, 6.45) is 2.32. The molecular formula is C14H15FN4OS. The zero-order chi connectivity index (χ0) is 14.8. The molecule has 2 aromatic rings. The van der Waals surface area contributed by atoms with Gasteiger partial charge in [-0.15, -0.1) is 0 Å². The first-order chi connectivity index (χ1) is 10.1. The Morgan fingerprint density at radius 3 is 2.76 bits per heavy atom. The fourth-order valence-electron chi connectivity index (χ4n) is 1.84. The highest BCUT2D eigenvalue weighted by Crippen LogP contribution is 2.20. The van der Waals surface area contributed by atoms with E-state index in [1.165, 1.54) is 12.1 Å². The molecule has 0 unspecified atom stereocenters. The predicted octanol–water partition coefficient (Wildman–Crippen LogP) is 2.56. The van der Waals surface area contributed by atoms with Gasteiger partial charge in [0, 0.05) is 11.6 Å². The molecule has 1 aromatic carbocycles. The maximum Gasteiger partial charge on any atom is 0.249 e. The van der Waals surface area contributed by atoms with Gasteiger partial charge in [0.1, 0.15) is 11.9 Å². The number of halogens is 1. The van der Waals surface area contributed by atoms with E-state index >= 15 is 0 Å². The van der Waals surface area contributed by atoms with Crippen LogP contribution in [0, 0.1) is 5.82 Å². The summed E-state index contributed by atoms with van der Waals surface area (Å²) in [6, 6.07) is 6.26. The van der Waals surface area contributed by atoms with Crippen LogP contribution in [0.3, 0.4) is 0 Å². The highest BCUT2D eigenvalue weighted by Gasteiger charge is 2.23. The molecule has 1 aliphatic carbocycles. The molecule has 0 aliphatic heterocycles. The van der Waals surface area contributed by atoms with Crippen molar-refractivity contribution in [3.05, 3.63) is 36.0 Å². The summed E-state index contributed by atoms with van der Waals surface area (Å²) in [5.74, 6) is 0.572. The van der Waals surface area contributed by atoms with Gasteiger partial charge >= 0.3 is 0 Å². The van der Waals surface area contributed by atoms with E-state index in [0.29, 0.717) is 28.4 Å². The van der Waals surface area contributed by atoms with Crippen LogP contribution in [0.2, 0.25) is 0 Å². The first-order valence-corrected chi connectivity index (χ1v) is 7.19. The van der Waals surface area contributed by atoms with E-state index in [1.54, 1.807) is 12.1 Å². The smallest absolute Gasteiger partial charge is 0.249 e. The van der Waals surface area contributed by atoms with E-state index in [4.69, 9.17) is 16.7 Å². The first-order valence-electron chi connectivity index (χ1n) is 6.78. The van der Waals surface area contributed by atoms with Gasteiger partial charge in [0.25, 0.3) is 0 Å². The molecule has 110 valence electrons. The topological polar surface area (TPSA) is 63.0 Å². The molecule has 0 saturated heterocycles. The van der Waals surface area contributed by atoms with E-state index in [9.17, 15) is 4.39 Å². The molecule has 1 atom stereocenters. The molecule has 3 rings (SSSR count). The molecule has 1 saturated carbocycles. The number of nitrogens with one attached hydrogen (secondary N) is 2. The zero-order valence-corrected chi connectivity index (χ0v) is 12.3. The van der Waals surface area contributed by atoms with Gasteiger partial charge in [-0.2, -0.15) is 4.98 Å². The Labute approximate surface area is 126 Å². The van der Waals surface area contributed by atoms with Crippen molar-refractivity contribution in [2.75, 3.05) is 0 Å². The van der Waals surface area contributed by atoms with Gasteiger partial charge in [-0.3, -0.25) is 0 Å². The lowest BCUT2D eigenvalue weighted by atomic mass is 10.2. The predicted molar refractivity (Wildman–Crippen MR) is 80.0 cm³/mol. The molecule has 21 heavy (non-hydrogen) atoms. The van der Waals surface area contributed by atoms with Crippen molar-refractivity contribution in [2.45, 2.75) is 31.8 Å². The van der Waals surface area contributed by atoms with Crippen LogP contribution in [0.5, 0.6) is 0 Å². The van der Waals surface area contributed by atoms with Gasteiger partial charge < -0.3 is 15.2 Å². The molecule has 1 aromatic heterocycles. The fourth-order valence-corrected chi connectivity index (χ4v) is 2.18. The summed E-state index contributed by atoms with van der Waals surface area (Å²) in [5, 5.41) is 10.8. The number of aromatic nitrogens is 2. The molecule has 2 N–H and O–H groups in total. The van der Waals surface area contributed by atoms with E-state index in [0.717, 1.165) is 12.8 Å². The molecule has 1 aliphatic rings. The minimum absolute atomic E-state index is 0.189. The quantitative estimate of drug-likeness (QED) is 0.847. The van der Waals surface area contributed by atoms with Crippen molar-refractivity contribution in [1.82, 2.24) is 20.8 Å². The number of hydrogen-bond acceptors (Lipinski definition) is 4. The number of nitrogens with zero attached hydrogens (tertiary/aromatic N) is 2. The number of rotatable bonds is 4. The lowest BCUT2D eigenvalue weighted by Crippen LogP contribution is -2.38. The second kappa shape index (κ2) is 5.77. The zero-order valence-electron chi connectivity index (χ0n) is 11.5. The monoisotopic (exact) mass is 306 g/mol. The van der Waals surface area contributed by atoms with Crippen molar-refractivity contribution in [2.24, 2.45) is 0 Å². The highest BCUT2D eigenvalue weighted by molar-refractivity contribution is 7.80. The normalized spacial score (nSPS) is 15.5.